The first kappa shape index (κ1) is 14.9. The average Bonchev–Trinajstić information content (AvgIpc) is 2.43. The van der Waals surface area contributed by atoms with Gasteiger partial charge in [-0.05, 0) is 55.7 Å². The Balaban J connectivity index is 2.07. The van der Waals surface area contributed by atoms with Crippen LogP contribution in [0.2, 0.25) is 5.02 Å². The van der Waals surface area contributed by atoms with Gasteiger partial charge in [0.2, 0.25) is 0 Å². The molecule has 0 amide bonds. The molecule has 19 heavy (non-hydrogen) atoms. The van der Waals surface area contributed by atoms with Crippen LogP contribution in [-0.4, -0.2) is 12.6 Å². The molecule has 2 rings (SSSR count). The Hall–Kier alpha value is -0.530. The minimum atomic E-state index is 0.670. The number of hydrogen-bond donors (Lipinski definition) is 1. The molecule has 0 saturated heterocycles. The maximum absolute atomic E-state index is 6.32. The van der Waals surface area contributed by atoms with Crippen LogP contribution in [0.1, 0.15) is 45.1 Å². The van der Waals surface area contributed by atoms with Gasteiger partial charge in [-0.25, -0.2) is 0 Å². The lowest BCUT2D eigenvalue weighted by Crippen LogP contribution is -2.41. The monoisotopic (exact) mass is 279 g/mol. The van der Waals surface area contributed by atoms with Gasteiger partial charge < -0.3 is 5.32 Å². The molecule has 0 bridgehead atoms. The molecular formula is C17H26ClN. The first-order chi connectivity index (χ1) is 9.24. The van der Waals surface area contributed by atoms with Crippen molar-refractivity contribution in [2.75, 3.05) is 6.54 Å². The van der Waals surface area contributed by atoms with E-state index in [0.29, 0.717) is 6.04 Å². The van der Waals surface area contributed by atoms with Crippen molar-refractivity contribution in [1.82, 2.24) is 5.32 Å². The van der Waals surface area contributed by atoms with Gasteiger partial charge in [0, 0.05) is 11.1 Å². The summed E-state index contributed by atoms with van der Waals surface area (Å²) < 4.78 is 0. The molecule has 2 heteroatoms. The van der Waals surface area contributed by atoms with Crippen molar-refractivity contribution in [1.29, 1.82) is 0 Å². The molecule has 106 valence electrons. The van der Waals surface area contributed by atoms with E-state index in [1.807, 2.05) is 12.1 Å². The summed E-state index contributed by atoms with van der Waals surface area (Å²) in [5.74, 6) is 1.64. The first-order valence-electron chi connectivity index (χ1n) is 7.71. The summed E-state index contributed by atoms with van der Waals surface area (Å²) in [6.45, 7) is 5.60. The molecule has 1 aliphatic carbocycles. The zero-order valence-electron chi connectivity index (χ0n) is 12.2. The van der Waals surface area contributed by atoms with Crippen molar-refractivity contribution >= 4 is 11.6 Å². The number of nitrogens with one attached hydrogen (secondary N) is 1. The molecule has 3 unspecified atom stereocenters. The number of halogens is 1. The maximum atomic E-state index is 6.32. The van der Waals surface area contributed by atoms with Crippen LogP contribution < -0.4 is 5.32 Å². The minimum absolute atomic E-state index is 0.670. The topological polar surface area (TPSA) is 12.0 Å². The molecule has 0 aromatic heterocycles. The molecule has 1 saturated carbocycles. The van der Waals surface area contributed by atoms with E-state index in [1.165, 1.54) is 31.2 Å². The van der Waals surface area contributed by atoms with E-state index in [1.54, 1.807) is 0 Å². The van der Waals surface area contributed by atoms with Crippen LogP contribution in [0, 0.1) is 11.8 Å². The SMILES string of the molecule is CCNC1CCC(CC)CC1Cc1ccccc1Cl. The van der Waals surface area contributed by atoms with Crippen LogP contribution in [0.3, 0.4) is 0 Å². The smallest absolute Gasteiger partial charge is 0.0438 e. The molecule has 3 atom stereocenters. The lowest BCUT2D eigenvalue weighted by atomic mass is 9.74. The summed E-state index contributed by atoms with van der Waals surface area (Å²) >= 11 is 6.32. The lowest BCUT2D eigenvalue weighted by molar-refractivity contribution is 0.200. The Morgan fingerprint density at radius 2 is 2.00 bits per heavy atom. The van der Waals surface area contributed by atoms with E-state index in [4.69, 9.17) is 11.6 Å². The lowest BCUT2D eigenvalue weighted by Gasteiger charge is -2.36. The van der Waals surface area contributed by atoms with Crippen LogP contribution in [0.5, 0.6) is 0 Å². The quantitative estimate of drug-likeness (QED) is 0.825. The summed E-state index contributed by atoms with van der Waals surface area (Å²) in [7, 11) is 0. The van der Waals surface area contributed by atoms with E-state index < -0.39 is 0 Å². The van der Waals surface area contributed by atoms with Crippen molar-refractivity contribution in [3.8, 4) is 0 Å². The van der Waals surface area contributed by atoms with Crippen molar-refractivity contribution in [3.63, 3.8) is 0 Å². The van der Waals surface area contributed by atoms with Crippen molar-refractivity contribution in [2.24, 2.45) is 11.8 Å². The number of rotatable bonds is 5. The Morgan fingerprint density at radius 1 is 1.21 bits per heavy atom. The molecule has 1 nitrogen and oxygen atoms in total. The van der Waals surface area contributed by atoms with E-state index in [9.17, 15) is 0 Å². The third kappa shape index (κ3) is 3.97. The zero-order valence-corrected chi connectivity index (χ0v) is 12.9. The number of hydrogen-bond acceptors (Lipinski definition) is 1. The van der Waals surface area contributed by atoms with Gasteiger partial charge in [0.15, 0.2) is 0 Å². The van der Waals surface area contributed by atoms with Crippen LogP contribution in [0.25, 0.3) is 0 Å². The predicted octanol–water partition coefficient (Wildman–Crippen LogP) is 4.69. The molecule has 1 aromatic rings. The zero-order chi connectivity index (χ0) is 13.7. The van der Waals surface area contributed by atoms with Gasteiger partial charge in [0.05, 0.1) is 0 Å². The standard InChI is InChI=1S/C17H26ClN/c1-3-13-9-10-17(19-4-2)15(11-13)12-14-7-5-6-8-16(14)18/h5-8,13,15,17,19H,3-4,9-12H2,1-2H3. The second-order valence-electron chi connectivity index (χ2n) is 5.81. The molecule has 0 radical (unpaired) electrons. The molecule has 1 aromatic carbocycles. The summed E-state index contributed by atoms with van der Waals surface area (Å²) in [6.07, 6.45) is 6.49. The van der Waals surface area contributed by atoms with Crippen molar-refractivity contribution in [3.05, 3.63) is 34.9 Å². The van der Waals surface area contributed by atoms with Crippen LogP contribution in [-0.2, 0) is 6.42 Å². The summed E-state index contributed by atoms with van der Waals surface area (Å²) in [4.78, 5) is 0. The van der Waals surface area contributed by atoms with Gasteiger partial charge in [0.1, 0.15) is 0 Å². The Morgan fingerprint density at radius 3 is 2.68 bits per heavy atom. The highest BCUT2D eigenvalue weighted by Gasteiger charge is 2.29. The largest absolute Gasteiger partial charge is 0.314 e. The molecule has 0 spiro atoms. The second-order valence-corrected chi connectivity index (χ2v) is 6.21. The first-order valence-corrected chi connectivity index (χ1v) is 8.09. The fourth-order valence-electron chi connectivity index (χ4n) is 3.43. The van der Waals surface area contributed by atoms with Gasteiger partial charge in [0.25, 0.3) is 0 Å². The van der Waals surface area contributed by atoms with Crippen LogP contribution in [0.15, 0.2) is 24.3 Å². The molecule has 1 aliphatic rings. The second kappa shape index (κ2) is 7.31. The van der Waals surface area contributed by atoms with Crippen molar-refractivity contribution in [2.45, 2.75) is 52.0 Å². The van der Waals surface area contributed by atoms with Gasteiger partial charge in [-0.1, -0.05) is 50.1 Å². The van der Waals surface area contributed by atoms with Gasteiger partial charge in [-0.3, -0.25) is 0 Å². The fraction of sp³-hybridized carbons (Fsp3) is 0.647. The summed E-state index contributed by atoms with van der Waals surface area (Å²) in [5.41, 5.74) is 1.31. The molecule has 0 heterocycles. The van der Waals surface area contributed by atoms with E-state index in [2.05, 4.69) is 31.3 Å². The van der Waals surface area contributed by atoms with Gasteiger partial charge in [-0.2, -0.15) is 0 Å². The normalized spacial score (nSPS) is 27.4. The van der Waals surface area contributed by atoms with Crippen molar-refractivity contribution < 1.29 is 0 Å². The summed E-state index contributed by atoms with van der Waals surface area (Å²) in [5, 5.41) is 4.60. The van der Waals surface area contributed by atoms with E-state index >= 15 is 0 Å². The Bertz CT molecular complexity index is 391. The summed E-state index contributed by atoms with van der Waals surface area (Å²) in [6, 6.07) is 8.98. The van der Waals surface area contributed by atoms with Gasteiger partial charge >= 0.3 is 0 Å². The van der Waals surface area contributed by atoms with Crippen LogP contribution in [0.4, 0.5) is 0 Å². The Labute approximate surface area is 122 Å². The highest BCUT2D eigenvalue weighted by molar-refractivity contribution is 6.31. The molecule has 0 aliphatic heterocycles. The number of benzene rings is 1. The highest BCUT2D eigenvalue weighted by Crippen LogP contribution is 2.34. The van der Waals surface area contributed by atoms with Gasteiger partial charge in [-0.15, -0.1) is 0 Å². The minimum Gasteiger partial charge on any atom is -0.314 e. The molecule has 1 N–H and O–H groups in total. The van der Waals surface area contributed by atoms with E-state index in [0.717, 1.165) is 29.8 Å². The fourth-order valence-corrected chi connectivity index (χ4v) is 3.65. The average molecular weight is 280 g/mol. The highest BCUT2D eigenvalue weighted by atomic mass is 35.5. The molecule has 1 fully saturated rings. The molecular weight excluding hydrogens is 254 g/mol. The third-order valence-electron chi connectivity index (χ3n) is 4.57. The Kier molecular flexibility index (Phi) is 5.72. The predicted molar refractivity (Wildman–Crippen MR) is 83.7 cm³/mol. The maximum Gasteiger partial charge on any atom is 0.0438 e. The van der Waals surface area contributed by atoms with Crippen LogP contribution >= 0.6 is 11.6 Å². The van der Waals surface area contributed by atoms with E-state index in [-0.39, 0.29) is 0 Å². The third-order valence-corrected chi connectivity index (χ3v) is 4.94.